The number of carbonyl (C=O) groups excluding carboxylic acids is 4. The van der Waals surface area contributed by atoms with Gasteiger partial charge in [0.15, 0.2) is 12.2 Å². The number of aliphatic hydroxyl groups excluding tert-OH is 1. The first kappa shape index (κ1) is 89.1. The number of hydrogen-bond acceptors (Lipinski definition) is 15. The standard InChI is InChI=1S/C72H140O17P2/c1-9-64(7)50-42-34-26-17-11-13-19-28-36-44-52-69(74)82-58-67(89-72(77)55-47-39-31-21-15-16-24-32-40-48-62(3)4)60-86-90(78,79)84-56-66(73)57-85-91(80,81)87-61-68(59-83-70(75)53-45-37-29-23-22-25-33-41-49-63(5)6)88-71(76)54-46-38-30-20-14-12-18-27-35-43-51-65(8)10-2/h62-68,73H,9-61H2,1-8H3,(H,78,79)(H,80,81)/t64?,65?,66?,67-,68-/m1/s1. The molecule has 0 radical (unpaired) electrons. The van der Waals surface area contributed by atoms with Gasteiger partial charge in [0.05, 0.1) is 26.4 Å². The molecule has 7 atom stereocenters. The van der Waals surface area contributed by atoms with Crippen molar-refractivity contribution in [2.45, 2.75) is 375 Å². The van der Waals surface area contributed by atoms with Crippen LogP contribution in [0.1, 0.15) is 357 Å². The predicted octanol–water partition coefficient (Wildman–Crippen LogP) is 20.5. The second kappa shape index (κ2) is 61.6. The summed E-state index contributed by atoms with van der Waals surface area (Å²) in [7, 11) is -9.91. The van der Waals surface area contributed by atoms with Crippen molar-refractivity contribution in [1.82, 2.24) is 0 Å². The van der Waals surface area contributed by atoms with Crippen molar-refractivity contribution in [2.24, 2.45) is 23.7 Å². The minimum Gasteiger partial charge on any atom is -0.462 e. The number of rotatable bonds is 69. The first-order chi connectivity index (χ1) is 43.7. The van der Waals surface area contributed by atoms with Gasteiger partial charge in [-0.15, -0.1) is 0 Å². The molecule has 0 aliphatic heterocycles. The van der Waals surface area contributed by atoms with Crippen LogP contribution in [0.25, 0.3) is 0 Å². The monoisotopic (exact) mass is 1340 g/mol. The van der Waals surface area contributed by atoms with Crippen molar-refractivity contribution >= 4 is 39.5 Å². The zero-order chi connectivity index (χ0) is 67.5. The highest BCUT2D eigenvalue weighted by Gasteiger charge is 2.30. The molecule has 91 heavy (non-hydrogen) atoms. The molecule has 0 aromatic carbocycles. The van der Waals surface area contributed by atoms with Crippen LogP contribution in [-0.4, -0.2) is 96.7 Å². The lowest BCUT2D eigenvalue weighted by molar-refractivity contribution is -0.161. The number of carbonyl (C=O) groups is 4. The Morgan fingerprint density at radius 3 is 0.780 bits per heavy atom. The minimum atomic E-state index is -4.95. The number of esters is 4. The molecule has 0 spiro atoms. The summed E-state index contributed by atoms with van der Waals surface area (Å²) in [5.41, 5.74) is 0. The molecule has 0 saturated carbocycles. The van der Waals surface area contributed by atoms with Crippen molar-refractivity contribution in [1.29, 1.82) is 0 Å². The zero-order valence-electron chi connectivity index (χ0n) is 59.5. The highest BCUT2D eigenvalue weighted by atomic mass is 31.2. The SMILES string of the molecule is CCC(C)CCCCCCCCCCCCC(=O)OC[C@H](COP(=O)(O)OCC(O)COP(=O)(O)OC[C@@H](COC(=O)CCCCCCCCCCC(C)C)OC(=O)CCCCCCCCCCCCC(C)CC)OC(=O)CCCCCCCCCCCC(C)C. The van der Waals surface area contributed by atoms with Gasteiger partial charge in [0.1, 0.15) is 19.3 Å². The number of aliphatic hydroxyl groups is 1. The molecule has 0 aromatic rings. The molecule has 0 aliphatic rings. The Kier molecular flexibility index (Phi) is 60.3. The third kappa shape index (κ3) is 63.9. The molecular formula is C72H140O17P2. The first-order valence-electron chi connectivity index (χ1n) is 37.3. The van der Waals surface area contributed by atoms with Gasteiger partial charge in [-0.1, -0.05) is 306 Å². The molecule has 0 rings (SSSR count). The molecule has 0 amide bonds. The lowest BCUT2D eigenvalue weighted by Gasteiger charge is -2.21. The van der Waals surface area contributed by atoms with E-state index in [0.717, 1.165) is 114 Å². The summed E-state index contributed by atoms with van der Waals surface area (Å²) < 4.78 is 68.4. The van der Waals surface area contributed by atoms with Gasteiger partial charge in [-0.3, -0.25) is 37.3 Å². The summed E-state index contributed by atoms with van der Waals surface area (Å²) in [6, 6.07) is 0. The van der Waals surface area contributed by atoms with E-state index in [1.54, 1.807) is 0 Å². The fraction of sp³-hybridized carbons (Fsp3) is 0.944. The number of ether oxygens (including phenoxy) is 4. The van der Waals surface area contributed by atoms with Crippen LogP contribution in [0.5, 0.6) is 0 Å². The number of unbranched alkanes of at least 4 members (excludes halogenated alkanes) is 33. The average molecular weight is 1340 g/mol. The highest BCUT2D eigenvalue weighted by molar-refractivity contribution is 7.47. The average Bonchev–Trinajstić information content (AvgIpc) is 2.89. The van der Waals surface area contributed by atoms with Gasteiger partial charge in [-0.25, -0.2) is 9.13 Å². The van der Waals surface area contributed by atoms with Crippen LogP contribution < -0.4 is 0 Å². The molecule has 3 N–H and O–H groups in total. The van der Waals surface area contributed by atoms with Gasteiger partial charge in [-0.2, -0.15) is 0 Å². The van der Waals surface area contributed by atoms with Gasteiger partial charge in [-0.05, 0) is 49.4 Å². The Balaban J connectivity index is 5.27. The second-order valence-electron chi connectivity index (χ2n) is 27.4. The van der Waals surface area contributed by atoms with Gasteiger partial charge >= 0.3 is 39.5 Å². The van der Waals surface area contributed by atoms with Crippen LogP contribution in [0, 0.1) is 23.7 Å². The van der Waals surface area contributed by atoms with Crippen molar-refractivity contribution in [3.63, 3.8) is 0 Å². The third-order valence-electron chi connectivity index (χ3n) is 17.3. The Labute approximate surface area is 556 Å². The highest BCUT2D eigenvalue weighted by Crippen LogP contribution is 2.45. The van der Waals surface area contributed by atoms with Crippen LogP contribution in [0.4, 0.5) is 0 Å². The van der Waals surface area contributed by atoms with E-state index < -0.39 is 97.5 Å². The molecule has 0 aromatic heterocycles. The molecule has 0 saturated heterocycles. The quantitative estimate of drug-likeness (QED) is 0.0222. The lowest BCUT2D eigenvalue weighted by atomic mass is 9.99. The van der Waals surface area contributed by atoms with Gasteiger partial charge < -0.3 is 33.8 Å². The maximum atomic E-state index is 13.0. The minimum absolute atomic E-state index is 0.105. The molecule has 0 bridgehead atoms. The van der Waals surface area contributed by atoms with E-state index in [1.165, 1.54) is 161 Å². The Bertz CT molecular complexity index is 1800. The molecule has 540 valence electrons. The van der Waals surface area contributed by atoms with Crippen LogP contribution in [0.3, 0.4) is 0 Å². The maximum Gasteiger partial charge on any atom is 0.472 e. The largest absolute Gasteiger partial charge is 0.472 e. The van der Waals surface area contributed by atoms with E-state index >= 15 is 0 Å². The molecule has 0 fully saturated rings. The van der Waals surface area contributed by atoms with Crippen LogP contribution in [0.15, 0.2) is 0 Å². The molecule has 0 heterocycles. The normalized spacial score (nSPS) is 14.8. The summed E-state index contributed by atoms with van der Waals surface area (Å²) in [4.78, 5) is 72.7. The third-order valence-corrected chi connectivity index (χ3v) is 19.2. The van der Waals surface area contributed by atoms with Gasteiger partial charge in [0.2, 0.25) is 0 Å². The zero-order valence-corrected chi connectivity index (χ0v) is 61.3. The van der Waals surface area contributed by atoms with E-state index in [4.69, 9.17) is 37.0 Å². The van der Waals surface area contributed by atoms with Crippen LogP contribution >= 0.6 is 15.6 Å². The van der Waals surface area contributed by atoms with E-state index in [0.29, 0.717) is 25.7 Å². The Morgan fingerprint density at radius 1 is 0.308 bits per heavy atom. The van der Waals surface area contributed by atoms with E-state index in [9.17, 15) is 43.2 Å². The molecule has 5 unspecified atom stereocenters. The first-order valence-corrected chi connectivity index (χ1v) is 40.3. The number of phosphoric acid groups is 2. The fourth-order valence-electron chi connectivity index (χ4n) is 10.8. The predicted molar refractivity (Wildman–Crippen MR) is 367 cm³/mol. The van der Waals surface area contributed by atoms with Gasteiger partial charge in [0.25, 0.3) is 0 Å². The van der Waals surface area contributed by atoms with Crippen molar-refractivity contribution in [2.75, 3.05) is 39.6 Å². The smallest absolute Gasteiger partial charge is 0.462 e. The van der Waals surface area contributed by atoms with Crippen molar-refractivity contribution in [3.05, 3.63) is 0 Å². The molecule has 17 nitrogen and oxygen atoms in total. The van der Waals surface area contributed by atoms with Gasteiger partial charge in [0, 0.05) is 25.7 Å². The Morgan fingerprint density at radius 2 is 0.527 bits per heavy atom. The van der Waals surface area contributed by atoms with E-state index in [-0.39, 0.29) is 25.7 Å². The van der Waals surface area contributed by atoms with Crippen LogP contribution in [-0.2, 0) is 65.4 Å². The molecule has 0 aliphatic carbocycles. The van der Waals surface area contributed by atoms with Crippen molar-refractivity contribution < 1.29 is 80.2 Å². The molecular weight excluding hydrogens is 1200 g/mol. The maximum absolute atomic E-state index is 13.0. The number of hydrogen-bond donors (Lipinski definition) is 3. The summed E-state index contributed by atoms with van der Waals surface area (Å²) in [6.45, 7) is 14.2. The van der Waals surface area contributed by atoms with Crippen molar-refractivity contribution in [3.8, 4) is 0 Å². The summed E-state index contributed by atoms with van der Waals surface area (Å²) >= 11 is 0. The summed E-state index contributed by atoms with van der Waals surface area (Å²) in [5.74, 6) is 0.948. The number of phosphoric ester groups is 2. The van der Waals surface area contributed by atoms with Crippen LogP contribution in [0.2, 0.25) is 0 Å². The second-order valence-corrected chi connectivity index (χ2v) is 30.3. The topological polar surface area (TPSA) is 237 Å². The lowest BCUT2D eigenvalue weighted by Crippen LogP contribution is -2.30. The van der Waals surface area contributed by atoms with E-state index in [2.05, 4.69) is 55.4 Å². The summed E-state index contributed by atoms with van der Waals surface area (Å²) in [6.07, 6.45) is 44.3. The fourth-order valence-corrected chi connectivity index (χ4v) is 12.4. The molecule has 19 heteroatoms. The van der Waals surface area contributed by atoms with E-state index in [1.807, 2.05) is 0 Å². The summed E-state index contributed by atoms with van der Waals surface area (Å²) in [5, 5.41) is 10.6. The Hall–Kier alpha value is -1.94.